The van der Waals surface area contributed by atoms with Gasteiger partial charge in [0.15, 0.2) is 0 Å². The summed E-state index contributed by atoms with van der Waals surface area (Å²) in [4.78, 5) is 4.67. The largest absolute Gasteiger partial charge is 0.488 e. The van der Waals surface area contributed by atoms with Crippen molar-refractivity contribution in [1.29, 1.82) is 0 Å². The number of hydrogen-bond donors (Lipinski definition) is 1. The van der Waals surface area contributed by atoms with E-state index in [9.17, 15) is 0 Å². The highest BCUT2D eigenvalue weighted by molar-refractivity contribution is 5.86. The lowest BCUT2D eigenvalue weighted by molar-refractivity contribution is 0.307. The van der Waals surface area contributed by atoms with Crippen LogP contribution < -0.4 is 4.74 Å². The van der Waals surface area contributed by atoms with E-state index in [1.807, 2.05) is 43.3 Å². The molecule has 0 saturated carbocycles. The first-order chi connectivity index (χ1) is 15.2. The van der Waals surface area contributed by atoms with Gasteiger partial charge in [-0.05, 0) is 47.9 Å². The van der Waals surface area contributed by atoms with Gasteiger partial charge in [-0.15, -0.1) is 22.6 Å². The molecule has 2 aromatic heterocycles. The average molecular weight is 444 g/mol. The molecule has 160 valence electrons. The molecule has 0 amide bonds. The zero-order valence-electron chi connectivity index (χ0n) is 17.7. The third-order valence-corrected chi connectivity index (χ3v) is 5.48. The van der Waals surface area contributed by atoms with Crippen molar-refractivity contribution < 1.29 is 4.74 Å². The maximum atomic E-state index is 6.27. The maximum absolute atomic E-state index is 6.27. The molecular formula is C25H22ClN5O. The standard InChI is InChI=1S/C25H21N5O.ClH/c1-16-17(2)26-23-10-6-5-9-22(23)24(16)31-15-18-11-13-19(14-12-18)20-7-3-4-8-21(20)25-27-29-30-28-25;/h3-14H,15H2,1-2H3,(H,27,28,29,30);1H. The van der Waals surface area contributed by atoms with Crippen LogP contribution >= 0.6 is 12.4 Å². The Labute approximate surface area is 192 Å². The fraction of sp³-hybridized carbons (Fsp3) is 0.120. The number of pyridine rings is 1. The van der Waals surface area contributed by atoms with Crippen LogP contribution in [-0.4, -0.2) is 25.6 Å². The quantitative estimate of drug-likeness (QED) is 0.377. The van der Waals surface area contributed by atoms with E-state index >= 15 is 0 Å². The Morgan fingerprint density at radius 2 is 1.56 bits per heavy atom. The third-order valence-electron chi connectivity index (χ3n) is 5.48. The van der Waals surface area contributed by atoms with Crippen LogP contribution in [0, 0.1) is 13.8 Å². The Morgan fingerprint density at radius 3 is 2.31 bits per heavy atom. The molecule has 32 heavy (non-hydrogen) atoms. The van der Waals surface area contributed by atoms with Gasteiger partial charge >= 0.3 is 0 Å². The van der Waals surface area contributed by atoms with Crippen LogP contribution in [0.3, 0.4) is 0 Å². The second-order valence-electron chi connectivity index (χ2n) is 7.44. The van der Waals surface area contributed by atoms with E-state index in [0.717, 1.165) is 50.2 Å². The number of nitrogens with one attached hydrogen (secondary N) is 1. The number of fused-ring (bicyclic) bond motifs is 1. The van der Waals surface area contributed by atoms with Crippen molar-refractivity contribution in [2.45, 2.75) is 20.5 Å². The van der Waals surface area contributed by atoms with E-state index in [1.54, 1.807) is 0 Å². The number of aromatic nitrogens is 5. The molecule has 0 aliphatic carbocycles. The third kappa shape index (κ3) is 4.05. The SMILES string of the molecule is Cc1nc2ccccc2c(OCc2ccc(-c3ccccc3-c3nn[nH]n3)cc2)c1C.Cl. The van der Waals surface area contributed by atoms with Gasteiger partial charge in [0, 0.05) is 22.2 Å². The van der Waals surface area contributed by atoms with E-state index in [2.05, 4.69) is 68.9 Å². The monoisotopic (exact) mass is 443 g/mol. The smallest absolute Gasteiger partial charge is 0.205 e. The number of benzene rings is 3. The van der Waals surface area contributed by atoms with Gasteiger partial charge in [-0.25, -0.2) is 0 Å². The summed E-state index contributed by atoms with van der Waals surface area (Å²) in [6.07, 6.45) is 0. The highest BCUT2D eigenvalue weighted by Gasteiger charge is 2.12. The molecule has 5 aromatic rings. The first-order valence-corrected chi connectivity index (χ1v) is 10.1. The number of ether oxygens (including phenoxy) is 1. The zero-order chi connectivity index (χ0) is 21.2. The van der Waals surface area contributed by atoms with Crippen molar-refractivity contribution >= 4 is 23.3 Å². The molecule has 0 fully saturated rings. The first kappa shape index (κ1) is 21.5. The predicted octanol–water partition coefficient (Wildman–Crippen LogP) is 5.70. The van der Waals surface area contributed by atoms with E-state index in [0.29, 0.717) is 12.4 Å². The van der Waals surface area contributed by atoms with E-state index in [1.165, 1.54) is 0 Å². The summed E-state index contributed by atoms with van der Waals surface area (Å²) in [7, 11) is 0. The number of halogens is 1. The van der Waals surface area contributed by atoms with Gasteiger partial charge in [-0.1, -0.05) is 60.7 Å². The molecule has 5 rings (SSSR count). The molecule has 0 aliphatic rings. The van der Waals surface area contributed by atoms with Gasteiger partial charge < -0.3 is 4.74 Å². The maximum Gasteiger partial charge on any atom is 0.205 e. The molecule has 0 aliphatic heterocycles. The fourth-order valence-corrected chi connectivity index (χ4v) is 3.72. The minimum atomic E-state index is 0. The number of para-hydroxylation sites is 1. The van der Waals surface area contributed by atoms with Crippen molar-refractivity contribution in [2.24, 2.45) is 0 Å². The molecule has 3 aromatic carbocycles. The topological polar surface area (TPSA) is 76.6 Å². The molecule has 0 radical (unpaired) electrons. The molecule has 0 unspecified atom stereocenters. The normalized spacial score (nSPS) is 10.7. The van der Waals surface area contributed by atoms with Crippen LogP contribution in [0.5, 0.6) is 5.75 Å². The minimum Gasteiger partial charge on any atom is -0.488 e. The lowest BCUT2D eigenvalue weighted by Gasteiger charge is -2.14. The minimum absolute atomic E-state index is 0. The second-order valence-corrected chi connectivity index (χ2v) is 7.44. The molecule has 6 nitrogen and oxygen atoms in total. The van der Waals surface area contributed by atoms with Crippen molar-refractivity contribution in [3.8, 4) is 28.3 Å². The van der Waals surface area contributed by atoms with Crippen LogP contribution in [0.1, 0.15) is 16.8 Å². The number of hydrogen-bond acceptors (Lipinski definition) is 5. The fourth-order valence-electron chi connectivity index (χ4n) is 3.72. The van der Waals surface area contributed by atoms with E-state index in [-0.39, 0.29) is 12.4 Å². The van der Waals surface area contributed by atoms with Gasteiger partial charge in [-0.3, -0.25) is 4.98 Å². The number of H-pyrrole nitrogens is 1. The second kappa shape index (κ2) is 9.16. The van der Waals surface area contributed by atoms with Gasteiger partial charge in [0.05, 0.1) is 5.52 Å². The summed E-state index contributed by atoms with van der Waals surface area (Å²) in [6.45, 7) is 4.56. The number of tetrazole rings is 1. The first-order valence-electron chi connectivity index (χ1n) is 10.1. The summed E-state index contributed by atoms with van der Waals surface area (Å²) < 4.78 is 6.27. The Morgan fingerprint density at radius 1 is 0.844 bits per heavy atom. The van der Waals surface area contributed by atoms with Crippen molar-refractivity contribution in [1.82, 2.24) is 25.6 Å². The van der Waals surface area contributed by atoms with Gasteiger partial charge in [-0.2, -0.15) is 5.21 Å². The van der Waals surface area contributed by atoms with Crippen molar-refractivity contribution in [2.75, 3.05) is 0 Å². The molecule has 0 spiro atoms. The van der Waals surface area contributed by atoms with Crippen LogP contribution in [-0.2, 0) is 6.61 Å². The molecule has 1 N–H and O–H groups in total. The lowest BCUT2D eigenvalue weighted by Crippen LogP contribution is -2.01. The average Bonchev–Trinajstić information content (AvgIpc) is 3.35. The van der Waals surface area contributed by atoms with Crippen LogP contribution in [0.4, 0.5) is 0 Å². The summed E-state index contributed by atoms with van der Waals surface area (Å²) in [6, 6.07) is 24.5. The zero-order valence-corrected chi connectivity index (χ0v) is 18.6. The Balaban J connectivity index is 0.00000245. The van der Waals surface area contributed by atoms with Crippen molar-refractivity contribution in [3.05, 3.63) is 89.6 Å². The molecule has 7 heteroatoms. The number of aryl methyl sites for hydroxylation is 1. The highest BCUT2D eigenvalue weighted by Crippen LogP contribution is 2.32. The molecule has 0 atom stereocenters. The summed E-state index contributed by atoms with van der Waals surface area (Å²) in [5.41, 5.74) is 7.20. The number of rotatable bonds is 5. The lowest BCUT2D eigenvalue weighted by atomic mass is 9.98. The Kier molecular flexibility index (Phi) is 6.14. The van der Waals surface area contributed by atoms with Crippen LogP contribution in [0.25, 0.3) is 33.4 Å². The molecule has 0 bridgehead atoms. The molecule has 2 heterocycles. The Bertz CT molecular complexity index is 1350. The van der Waals surface area contributed by atoms with E-state index in [4.69, 9.17) is 4.74 Å². The van der Waals surface area contributed by atoms with Crippen LogP contribution in [0.15, 0.2) is 72.8 Å². The summed E-state index contributed by atoms with van der Waals surface area (Å²) in [5.74, 6) is 1.48. The van der Waals surface area contributed by atoms with E-state index < -0.39 is 0 Å². The molecular weight excluding hydrogens is 422 g/mol. The molecule has 0 saturated heterocycles. The summed E-state index contributed by atoms with van der Waals surface area (Å²) in [5, 5.41) is 15.5. The Hall–Kier alpha value is -3.77. The van der Waals surface area contributed by atoms with Gasteiger partial charge in [0.25, 0.3) is 0 Å². The highest BCUT2D eigenvalue weighted by atomic mass is 35.5. The van der Waals surface area contributed by atoms with Crippen LogP contribution in [0.2, 0.25) is 0 Å². The number of aromatic amines is 1. The number of nitrogens with zero attached hydrogens (tertiary/aromatic N) is 4. The van der Waals surface area contributed by atoms with Gasteiger partial charge in [0.2, 0.25) is 5.82 Å². The predicted molar refractivity (Wildman–Crippen MR) is 128 cm³/mol. The van der Waals surface area contributed by atoms with Crippen molar-refractivity contribution in [3.63, 3.8) is 0 Å². The summed E-state index contributed by atoms with van der Waals surface area (Å²) >= 11 is 0. The van der Waals surface area contributed by atoms with Gasteiger partial charge in [0.1, 0.15) is 12.4 Å².